The van der Waals surface area contributed by atoms with Gasteiger partial charge in [0, 0.05) is 21.4 Å². The lowest BCUT2D eigenvalue weighted by Crippen LogP contribution is -2.12. The first-order valence-corrected chi connectivity index (χ1v) is 8.74. The summed E-state index contributed by atoms with van der Waals surface area (Å²) in [6.45, 7) is -0.128. The van der Waals surface area contributed by atoms with Gasteiger partial charge in [-0.25, -0.2) is 0 Å². The Labute approximate surface area is 165 Å². The van der Waals surface area contributed by atoms with Crippen molar-refractivity contribution in [3.05, 3.63) is 54.2 Å². The fourth-order valence-corrected chi connectivity index (χ4v) is 3.97. The van der Waals surface area contributed by atoms with Crippen molar-refractivity contribution in [2.45, 2.75) is 18.9 Å². The fourth-order valence-electron chi connectivity index (χ4n) is 2.01. The van der Waals surface area contributed by atoms with Gasteiger partial charge in [0.1, 0.15) is 5.75 Å². The highest BCUT2D eigenvalue weighted by Crippen LogP contribution is 2.38. The van der Waals surface area contributed by atoms with Crippen molar-refractivity contribution in [3.63, 3.8) is 0 Å². The number of alkyl halides is 6. The summed E-state index contributed by atoms with van der Waals surface area (Å²) < 4.78 is 78.3. The third kappa shape index (κ3) is 5.28. The average molecular weight is 587 g/mol. The maximum atomic E-state index is 12.8. The zero-order valence-electron chi connectivity index (χ0n) is 12.1. The number of hydrogen-bond acceptors (Lipinski definition) is 2. The Morgan fingerprint density at radius 2 is 1.36 bits per heavy atom. The number of phenolic OH excluding ortho intramolecular Hbond substituents is 1. The van der Waals surface area contributed by atoms with Crippen LogP contribution in [0.5, 0.6) is 5.75 Å². The predicted octanol–water partition coefficient (Wildman–Crippen LogP) is 6.25. The van der Waals surface area contributed by atoms with Crippen molar-refractivity contribution in [1.82, 2.24) is 0 Å². The van der Waals surface area contributed by atoms with Crippen LogP contribution in [0.3, 0.4) is 0 Å². The molecule has 0 atom stereocenters. The fraction of sp³-hybridized carbons (Fsp3) is 0.200. The number of hydrogen-bond donors (Lipinski definition) is 2. The molecule has 0 aliphatic heterocycles. The Kier molecular flexibility index (Phi) is 6.01. The second kappa shape index (κ2) is 7.37. The molecule has 2 rings (SSSR count). The molecule has 2 aromatic carbocycles. The molecule has 2 nitrogen and oxygen atoms in total. The molecule has 0 unspecified atom stereocenters. The van der Waals surface area contributed by atoms with Crippen LogP contribution in [-0.2, 0) is 18.9 Å². The van der Waals surface area contributed by atoms with Gasteiger partial charge in [-0.15, -0.1) is 0 Å². The van der Waals surface area contributed by atoms with Gasteiger partial charge >= 0.3 is 12.4 Å². The van der Waals surface area contributed by atoms with Crippen LogP contribution < -0.4 is 5.32 Å². The smallest absolute Gasteiger partial charge is 0.416 e. The Hall–Kier alpha value is -0.920. The molecule has 0 aliphatic carbocycles. The van der Waals surface area contributed by atoms with Crippen LogP contribution in [0, 0.1) is 7.14 Å². The molecule has 0 saturated carbocycles. The molecule has 10 heteroatoms. The van der Waals surface area contributed by atoms with Gasteiger partial charge in [-0.3, -0.25) is 0 Å². The second-order valence-electron chi connectivity index (χ2n) is 5.04. The van der Waals surface area contributed by atoms with Crippen LogP contribution in [0.15, 0.2) is 30.3 Å². The van der Waals surface area contributed by atoms with Crippen LogP contribution in [0.2, 0.25) is 0 Å². The zero-order chi connectivity index (χ0) is 19.0. The lowest BCUT2D eigenvalue weighted by atomic mass is 10.1. The molecule has 136 valence electrons. The number of nitrogens with one attached hydrogen (secondary N) is 1. The Balaban J connectivity index is 2.36. The van der Waals surface area contributed by atoms with E-state index in [0.29, 0.717) is 21.3 Å². The molecule has 2 N–H and O–H groups in total. The van der Waals surface area contributed by atoms with E-state index in [1.807, 2.05) is 45.2 Å². The van der Waals surface area contributed by atoms with Crippen molar-refractivity contribution >= 4 is 50.9 Å². The van der Waals surface area contributed by atoms with E-state index < -0.39 is 23.5 Å². The molecular formula is C15H9F6I2NO. The number of rotatable bonds is 3. The number of anilines is 1. The molecule has 25 heavy (non-hydrogen) atoms. The van der Waals surface area contributed by atoms with Crippen LogP contribution in [0.1, 0.15) is 16.7 Å². The molecular weight excluding hydrogens is 578 g/mol. The van der Waals surface area contributed by atoms with Crippen molar-refractivity contribution in [2.24, 2.45) is 0 Å². The summed E-state index contributed by atoms with van der Waals surface area (Å²) in [5.41, 5.74) is -2.77. The standard InChI is InChI=1S/C15H9F6I2NO/c16-14(17,18)8-2-9(15(19,20)21)4-11(3-8)24-6-7-1-10(22)5-12(23)13(7)25/h1-5,24-25H,6H2. The quantitative estimate of drug-likeness (QED) is 0.329. The van der Waals surface area contributed by atoms with E-state index in [1.54, 1.807) is 12.1 Å². The van der Waals surface area contributed by atoms with Gasteiger partial charge in [0.25, 0.3) is 0 Å². The van der Waals surface area contributed by atoms with Gasteiger partial charge in [-0.1, -0.05) is 0 Å². The zero-order valence-corrected chi connectivity index (χ0v) is 16.4. The minimum Gasteiger partial charge on any atom is -0.506 e. The van der Waals surface area contributed by atoms with Crippen molar-refractivity contribution in [2.75, 3.05) is 5.32 Å². The van der Waals surface area contributed by atoms with Crippen LogP contribution in [0.25, 0.3) is 0 Å². The molecule has 0 saturated heterocycles. The van der Waals surface area contributed by atoms with Gasteiger partial charge in [-0.05, 0) is 75.5 Å². The maximum Gasteiger partial charge on any atom is 0.416 e. The molecule has 0 fully saturated rings. The van der Waals surface area contributed by atoms with Gasteiger partial charge in [0.05, 0.1) is 14.7 Å². The Bertz CT molecular complexity index is 757. The first-order chi connectivity index (χ1) is 11.4. The van der Waals surface area contributed by atoms with Gasteiger partial charge in [0.2, 0.25) is 0 Å². The van der Waals surface area contributed by atoms with E-state index >= 15 is 0 Å². The summed E-state index contributed by atoms with van der Waals surface area (Å²) >= 11 is 3.87. The molecule has 0 radical (unpaired) electrons. The predicted molar refractivity (Wildman–Crippen MR) is 97.3 cm³/mol. The number of phenols is 1. The molecule has 0 spiro atoms. The maximum absolute atomic E-state index is 12.8. The van der Waals surface area contributed by atoms with Gasteiger partial charge < -0.3 is 10.4 Å². The SMILES string of the molecule is Oc1c(I)cc(I)cc1CNc1cc(C(F)(F)F)cc(C(F)(F)F)c1. The molecule has 0 aromatic heterocycles. The highest BCUT2D eigenvalue weighted by atomic mass is 127. The van der Waals surface area contributed by atoms with Gasteiger partial charge in [-0.2, -0.15) is 26.3 Å². The largest absolute Gasteiger partial charge is 0.506 e. The van der Waals surface area contributed by atoms with E-state index in [4.69, 9.17) is 0 Å². The van der Waals surface area contributed by atoms with Crippen LogP contribution >= 0.6 is 45.2 Å². The summed E-state index contributed by atoms with van der Waals surface area (Å²) in [7, 11) is 0. The van der Waals surface area contributed by atoms with Crippen molar-refractivity contribution in [1.29, 1.82) is 0 Å². The Morgan fingerprint density at radius 3 is 1.84 bits per heavy atom. The molecule has 0 heterocycles. The minimum absolute atomic E-state index is 0.0665. The van der Waals surface area contributed by atoms with E-state index in [-0.39, 0.29) is 24.0 Å². The van der Waals surface area contributed by atoms with Gasteiger partial charge in [0.15, 0.2) is 0 Å². The monoisotopic (exact) mass is 587 g/mol. The van der Waals surface area contributed by atoms with Crippen molar-refractivity contribution < 1.29 is 31.4 Å². The van der Waals surface area contributed by atoms with Crippen molar-refractivity contribution in [3.8, 4) is 5.75 Å². The summed E-state index contributed by atoms with van der Waals surface area (Å²) in [6.07, 6.45) is -9.81. The van der Waals surface area contributed by atoms with E-state index in [0.717, 1.165) is 3.57 Å². The molecule has 0 bridgehead atoms. The Morgan fingerprint density at radius 1 is 0.840 bits per heavy atom. The summed E-state index contributed by atoms with van der Waals surface area (Å²) in [5.74, 6) is -0.0727. The average Bonchev–Trinajstić information content (AvgIpc) is 2.47. The van der Waals surface area contributed by atoms with Crippen LogP contribution in [-0.4, -0.2) is 5.11 Å². The van der Waals surface area contributed by atoms with E-state index in [2.05, 4.69) is 5.32 Å². The van der Waals surface area contributed by atoms with E-state index in [9.17, 15) is 31.4 Å². The molecule has 0 aliphatic rings. The third-order valence-electron chi connectivity index (χ3n) is 3.18. The lowest BCUT2D eigenvalue weighted by molar-refractivity contribution is -0.143. The number of halogens is 8. The highest BCUT2D eigenvalue weighted by molar-refractivity contribution is 14.1. The molecule has 2 aromatic rings. The highest BCUT2D eigenvalue weighted by Gasteiger charge is 2.36. The minimum atomic E-state index is -4.91. The topological polar surface area (TPSA) is 32.3 Å². The van der Waals surface area contributed by atoms with Crippen LogP contribution in [0.4, 0.5) is 32.0 Å². The normalized spacial score (nSPS) is 12.3. The number of aromatic hydroxyl groups is 1. The lowest BCUT2D eigenvalue weighted by Gasteiger charge is -2.16. The first kappa shape index (κ1) is 20.4. The second-order valence-corrected chi connectivity index (χ2v) is 7.45. The summed E-state index contributed by atoms with van der Waals surface area (Å²) in [4.78, 5) is 0. The van der Waals surface area contributed by atoms with E-state index in [1.165, 1.54) is 0 Å². The molecule has 0 amide bonds. The first-order valence-electron chi connectivity index (χ1n) is 6.58. The summed E-state index contributed by atoms with van der Waals surface area (Å²) in [5, 5.41) is 12.5. The third-order valence-corrected chi connectivity index (χ3v) is 4.62. The number of benzene rings is 2. The summed E-state index contributed by atoms with van der Waals surface area (Å²) in [6, 6.07) is 4.54.